The molecule has 2 aliphatic rings. The summed E-state index contributed by atoms with van der Waals surface area (Å²) < 4.78 is 73.9. The fraction of sp³-hybridized carbons (Fsp3) is 0.370. The monoisotopic (exact) mass is 878 g/mol. The van der Waals surface area contributed by atoms with E-state index in [2.05, 4.69) is 140 Å². The fourth-order valence-corrected chi connectivity index (χ4v) is 5.22. The minimum absolute atomic E-state index is 0. The van der Waals surface area contributed by atoms with Gasteiger partial charge in [0, 0.05) is 0 Å². The van der Waals surface area contributed by atoms with Crippen molar-refractivity contribution in [3.63, 3.8) is 0 Å². The van der Waals surface area contributed by atoms with Gasteiger partial charge < -0.3 is 0 Å². The first-order valence-electron chi connectivity index (χ1n) is 17.3. The molecule has 0 fully saturated rings. The van der Waals surface area contributed by atoms with Crippen LogP contribution in [0.5, 0.6) is 0 Å². The summed E-state index contributed by atoms with van der Waals surface area (Å²) >= 11 is 1.30. The molecule has 4 aromatic carbocycles. The van der Waals surface area contributed by atoms with Crippen molar-refractivity contribution in [1.82, 2.24) is 0 Å². The number of halogens is 8. The summed E-state index contributed by atoms with van der Waals surface area (Å²) in [7, 11) is 0. The van der Waals surface area contributed by atoms with E-state index in [0.717, 1.165) is 30.7 Å². The predicted octanol–water partition coefficient (Wildman–Crippen LogP) is 14.4. The number of rotatable bonds is 0. The molecule has 0 radical (unpaired) electrons. The molecule has 9 heteroatoms. The second kappa shape index (κ2) is 21.7. The van der Waals surface area contributed by atoms with Crippen LogP contribution < -0.4 is 0 Å². The van der Waals surface area contributed by atoms with Crippen molar-refractivity contribution in [2.24, 2.45) is 11.3 Å². The zero-order valence-corrected chi connectivity index (χ0v) is 37.3. The average Bonchev–Trinajstić information content (AvgIpc) is 3.69. The minimum atomic E-state index is -4.24. The molecule has 0 aliphatic heterocycles. The molecule has 0 N–H and O–H groups in total. The summed E-state index contributed by atoms with van der Waals surface area (Å²) in [6.45, 7) is 22.5. The Morgan fingerprint density at radius 3 is 1.45 bits per heavy atom. The Bertz CT molecular complexity index is 1700. The van der Waals surface area contributed by atoms with Crippen molar-refractivity contribution in [1.29, 1.82) is 0 Å². The molecule has 0 saturated heterocycles. The van der Waals surface area contributed by atoms with E-state index in [1.807, 2.05) is 0 Å². The van der Waals surface area contributed by atoms with E-state index in [4.69, 9.17) is 0 Å². The van der Waals surface area contributed by atoms with Crippen LogP contribution in [0.25, 0.3) is 11.1 Å². The Kier molecular flexibility index (Phi) is 20.6. The summed E-state index contributed by atoms with van der Waals surface area (Å²) in [6, 6.07) is 29.2. The van der Waals surface area contributed by atoms with Gasteiger partial charge in [-0.25, -0.2) is 6.08 Å². The topological polar surface area (TPSA) is 0 Å². The van der Waals surface area contributed by atoms with Crippen LogP contribution in [0.4, 0.5) is 26.3 Å². The third-order valence-corrected chi connectivity index (χ3v) is 8.33. The van der Waals surface area contributed by atoms with E-state index in [9.17, 15) is 26.3 Å². The van der Waals surface area contributed by atoms with E-state index < -0.39 is 23.5 Å². The summed E-state index contributed by atoms with van der Waals surface area (Å²) in [5, 5.41) is 0. The molecule has 0 aromatic heterocycles. The van der Waals surface area contributed by atoms with Gasteiger partial charge in [0.25, 0.3) is 0 Å². The van der Waals surface area contributed by atoms with Crippen molar-refractivity contribution in [2.75, 3.05) is 0 Å². The number of hydrogen-bond acceptors (Lipinski definition) is 0. The second-order valence-corrected chi connectivity index (χ2v) is 15.9. The first kappa shape index (κ1) is 52.3. The van der Waals surface area contributed by atoms with E-state index in [-0.39, 0.29) is 35.6 Å². The maximum absolute atomic E-state index is 11.8. The predicted molar refractivity (Wildman–Crippen MR) is 218 cm³/mol. The zero-order chi connectivity index (χ0) is 40.4. The number of benzene rings is 4. The molecule has 0 heterocycles. The number of allylic oxidation sites excluding steroid dienone is 4. The third-order valence-electron chi connectivity index (χ3n) is 8.33. The van der Waals surface area contributed by atoms with Gasteiger partial charge in [0.15, 0.2) is 0 Å². The van der Waals surface area contributed by atoms with Crippen molar-refractivity contribution < 1.29 is 50.6 Å². The fourth-order valence-electron chi connectivity index (χ4n) is 5.22. The Hall–Kier alpha value is -2.73. The number of fused-ring (bicyclic) bond motifs is 3. The summed E-state index contributed by atoms with van der Waals surface area (Å²) in [6.07, 6.45) is 0.202. The second-order valence-electron chi connectivity index (χ2n) is 15.9. The van der Waals surface area contributed by atoms with E-state index in [1.54, 1.807) is 0 Å². The average molecular weight is 881 g/mol. The molecule has 0 spiro atoms. The first-order chi connectivity index (χ1) is 24.4. The standard InChI is InChI=1S/C21H25.C10H15.2C7H4F3.CH2.2ClH.Zr/c1-20(2,3)16-7-9-18-14(12-16)11-15-13-17(21(4,5)6)8-10-19(15)18;1-8-5-6-9(7-8)10(2,3)4;2*8-7(9,10)6-4-2-1-3-5-6;;;;/h7-10,12H,11H2,1-6H3;6-8H,1-4H3;2*1-2,4-5H;1H2;2*1H;/q4*-1;;;;. The van der Waals surface area contributed by atoms with E-state index >= 15 is 0 Å². The molecular formula is C46H52Cl2F6Zr-4. The number of alkyl halides is 6. The van der Waals surface area contributed by atoms with Crippen molar-refractivity contribution in [3.05, 3.63) is 154 Å². The molecule has 0 nitrogen and oxygen atoms in total. The molecule has 1 unspecified atom stereocenters. The van der Waals surface area contributed by atoms with Crippen LogP contribution in [0.3, 0.4) is 0 Å². The van der Waals surface area contributed by atoms with Crippen LogP contribution >= 0.6 is 24.8 Å². The maximum atomic E-state index is 11.8. The summed E-state index contributed by atoms with van der Waals surface area (Å²) in [4.78, 5) is 0. The Morgan fingerprint density at radius 1 is 0.636 bits per heavy atom. The van der Waals surface area contributed by atoms with Gasteiger partial charge in [0.1, 0.15) is 0 Å². The molecule has 300 valence electrons. The first-order valence-corrected chi connectivity index (χ1v) is 19.0. The van der Waals surface area contributed by atoms with Gasteiger partial charge in [-0.05, 0) is 28.4 Å². The third kappa shape index (κ3) is 16.7. The van der Waals surface area contributed by atoms with Crippen LogP contribution in [-0.4, -0.2) is 4.21 Å². The molecule has 1 atom stereocenters. The van der Waals surface area contributed by atoms with E-state index in [0.29, 0.717) is 11.3 Å². The van der Waals surface area contributed by atoms with Crippen molar-refractivity contribution in [2.45, 2.75) is 98.8 Å². The van der Waals surface area contributed by atoms with Gasteiger partial charge >= 0.3 is 40.8 Å². The SMILES string of the molecule is CC(C)(C)c1[c-]c2c(cc1)-c1ccc(C(C)(C)C)cc1C2.CC1[C-]=CC(C(C)(C)C)=C1.Cl.Cl.FC(F)(F)c1c[c-]ccc1.FC(F)(F)c1c[c-]ccc1.[CH2]=[Zr]. The summed E-state index contributed by atoms with van der Waals surface area (Å²) in [5.41, 5.74) is 9.11. The Morgan fingerprint density at radius 2 is 1.13 bits per heavy atom. The Balaban J connectivity index is 0.000000735. The molecule has 0 bridgehead atoms. The molecule has 55 heavy (non-hydrogen) atoms. The summed E-state index contributed by atoms with van der Waals surface area (Å²) in [5.74, 6) is 0.522. The van der Waals surface area contributed by atoms with Crippen LogP contribution in [0.1, 0.15) is 103 Å². The van der Waals surface area contributed by atoms with Crippen molar-refractivity contribution in [3.8, 4) is 11.1 Å². The van der Waals surface area contributed by atoms with Gasteiger partial charge in [0.2, 0.25) is 0 Å². The van der Waals surface area contributed by atoms with E-state index in [1.165, 1.54) is 87.5 Å². The zero-order valence-electron chi connectivity index (χ0n) is 33.2. The molecule has 2 aliphatic carbocycles. The van der Waals surface area contributed by atoms with Crippen LogP contribution in [0, 0.1) is 35.6 Å². The molecule has 0 saturated carbocycles. The van der Waals surface area contributed by atoms with Crippen LogP contribution in [0.2, 0.25) is 0 Å². The van der Waals surface area contributed by atoms with Crippen LogP contribution in [-0.2, 0) is 53.8 Å². The molecule has 0 amide bonds. The van der Waals surface area contributed by atoms with Crippen molar-refractivity contribution >= 4 is 29.0 Å². The Labute approximate surface area is 353 Å². The normalized spacial score (nSPS) is 14.2. The van der Waals surface area contributed by atoms with Gasteiger partial charge in [-0.3, -0.25) is 6.08 Å². The van der Waals surface area contributed by atoms with Crippen LogP contribution in [0.15, 0.2) is 96.6 Å². The molecule has 4 aromatic rings. The van der Waals surface area contributed by atoms with Gasteiger partial charge in [-0.1, -0.05) is 115 Å². The quantitative estimate of drug-likeness (QED) is 0.107. The van der Waals surface area contributed by atoms with Gasteiger partial charge in [-0.2, -0.15) is 122 Å². The number of hydrogen-bond donors (Lipinski definition) is 0. The van der Waals surface area contributed by atoms with Gasteiger partial charge in [-0.15, -0.1) is 35.9 Å². The van der Waals surface area contributed by atoms with Gasteiger partial charge in [0.05, 0.1) is 0 Å². The molecule has 6 rings (SSSR count). The molecular weight excluding hydrogens is 829 g/mol.